The van der Waals surface area contributed by atoms with Crippen LogP contribution < -0.4 is 5.32 Å². The predicted octanol–water partition coefficient (Wildman–Crippen LogP) is 2.52. The van der Waals surface area contributed by atoms with Crippen LogP contribution in [0.3, 0.4) is 0 Å². The molecule has 4 nitrogen and oxygen atoms in total. The maximum absolute atomic E-state index is 11.7. The first-order valence-corrected chi connectivity index (χ1v) is 7.74. The lowest BCUT2D eigenvalue weighted by molar-refractivity contribution is -0.142. The number of carbonyl (C=O) groups is 2. The van der Waals surface area contributed by atoms with Crippen LogP contribution in [-0.2, 0) is 9.59 Å². The van der Waals surface area contributed by atoms with E-state index < -0.39 is 12.0 Å². The molecule has 1 aliphatic carbocycles. The van der Waals surface area contributed by atoms with Crippen molar-refractivity contribution in [3.63, 3.8) is 0 Å². The molecule has 1 aromatic rings. The van der Waals surface area contributed by atoms with Crippen molar-refractivity contribution in [2.75, 3.05) is 5.75 Å². The van der Waals surface area contributed by atoms with Crippen LogP contribution in [0.2, 0.25) is 0 Å². The maximum Gasteiger partial charge on any atom is 0.326 e. The van der Waals surface area contributed by atoms with E-state index in [1.807, 2.05) is 24.3 Å². The first-order chi connectivity index (χ1) is 9.06. The van der Waals surface area contributed by atoms with Gasteiger partial charge in [0.25, 0.3) is 0 Å². The molecule has 19 heavy (non-hydrogen) atoms. The Bertz CT molecular complexity index is 491. The number of aliphatic carboxylic acids is 1. The van der Waals surface area contributed by atoms with E-state index in [9.17, 15) is 9.59 Å². The Morgan fingerprint density at radius 1 is 1.47 bits per heavy atom. The summed E-state index contributed by atoms with van der Waals surface area (Å²) in [6.45, 7) is 0. The van der Waals surface area contributed by atoms with Crippen LogP contribution in [0.5, 0.6) is 0 Å². The van der Waals surface area contributed by atoms with Gasteiger partial charge in [-0.25, -0.2) is 4.79 Å². The van der Waals surface area contributed by atoms with Crippen LogP contribution in [0.15, 0.2) is 33.6 Å². The van der Waals surface area contributed by atoms with Gasteiger partial charge < -0.3 is 10.4 Å². The number of thioether (sulfide) groups is 1. The van der Waals surface area contributed by atoms with E-state index in [4.69, 9.17) is 5.11 Å². The number of benzene rings is 1. The summed E-state index contributed by atoms with van der Waals surface area (Å²) in [4.78, 5) is 23.7. The fourth-order valence-corrected chi connectivity index (χ4v) is 3.05. The average molecular weight is 344 g/mol. The summed E-state index contributed by atoms with van der Waals surface area (Å²) in [7, 11) is 0. The second-order valence-electron chi connectivity index (χ2n) is 4.47. The highest BCUT2D eigenvalue weighted by Crippen LogP contribution is 2.32. The summed E-state index contributed by atoms with van der Waals surface area (Å²) in [5.74, 6) is -0.836. The smallest absolute Gasteiger partial charge is 0.326 e. The van der Waals surface area contributed by atoms with Crippen molar-refractivity contribution in [1.29, 1.82) is 0 Å². The van der Waals surface area contributed by atoms with Gasteiger partial charge in [-0.15, -0.1) is 11.8 Å². The van der Waals surface area contributed by atoms with E-state index >= 15 is 0 Å². The first kappa shape index (κ1) is 14.4. The summed E-state index contributed by atoms with van der Waals surface area (Å²) in [6, 6.07) is 6.92. The molecule has 1 amide bonds. The molecule has 0 aromatic heterocycles. The van der Waals surface area contributed by atoms with Gasteiger partial charge in [0, 0.05) is 9.37 Å². The lowest BCUT2D eigenvalue weighted by atomic mass is 10.2. The highest BCUT2D eigenvalue weighted by atomic mass is 79.9. The van der Waals surface area contributed by atoms with Gasteiger partial charge >= 0.3 is 5.97 Å². The van der Waals surface area contributed by atoms with Gasteiger partial charge in [0.15, 0.2) is 0 Å². The van der Waals surface area contributed by atoms with Crippen LogP contribution in [0, 0.1) is 5.92 Å². The standard InChI is InChI=1S/C13H14BrNO3S/c14-9-2-1-3-10(6-9)19-7-11(16)15-12(13(17)18)8-4-5-8/h1-3,6,8,12H,4-5,7H2,(H,15,16)(H,17,18). The molecule has 2 N–H and O–H groups in total. The molecule has 1 aromatic carbocycles. The van der Waals surface area contributed by atoms with Crippen LogP contribution >= 0.6 is 27.7 Å². The second kappa shape index (κ2) is 6.43. The summed E-state index contributed by atoms with van der Waals surface area (Å²) >= 11 is 4.76. The van der Waals surface area contributed by atoms with Crippen molar-refractivity contribution >= 4 is 39.6 Å². The molecule has 0 heterocycles. The molecule has 1 aliphatic rings. The third-order valence-corrected chi connectivity index (χ3v) is 4.33. The average Bonchev–Trinajstić information content (AvgIpc) is 3.17. The van der Waals surface area contributed by atoms with E-state index in [2.05, 4.69) is 21.2 Å². The van der Waals surface area contributed by atoms with Crippen molar-refractivity contribution in [2.24, 2.45) is 5.92 Å². The zero-order valence-corrected chi connectivity index (χ0v) is 12.5. The highest BCUT2D eigenvalue weighted by Gasteiger charge is 2.37. The lowest BCUT2D eigenvalue weighted by Gasteiger charge is -2.13. The molecule has 102 valence electrons. The lowest BCUT2D eigenvalue weighted by Crippen LogP contribution is -2.43. The molecule has 0 spiro atoms. The fraction of sp³-hybridized carbons (Fsp3) is 0.385. The number of rotatable bonds is 6. The zero-order valence-electron chi connectivity index (χ0n) is 10.1. The number of carbonyl (C=O) groups excluding carboxylic acids is 1. The first-order valence-electron chi connectivity index (χ1n) is 5.97. The summed E-state index contributed by atoms with van der Waals surface area (Å²) in [6.07, 6.45) is 1.77. The second-order valence-corrected chi connectivity index (χ2v) is 6.43. The Morgan fingerprint density at radius 2 is 2.21 bits per heavy atom. The molecular weight excluding hydrogens is 330 g/mol. The minimum Gasteiger partial charge on any atom is -0.480 e. The molecule has 6 heteroatoms. The highest BCUT2D eigenvalue weighted by molar-refractivity contribution is 9.10. The molecule has 2 rings (SSSR count). The van der Waals surface area contributed by atoms with Gasteiger partial charge in [0.1, 0.15) is 6.04 Å². The Kier molecular flexibility index (Phi) is 4.87. The van der Waals surface area contributed by atoms with E-state index in [1.54, 1.807) is 0 Å². The number of nitrogens with one attached hydrogen (secondary N) is 1. The zero-order chi connectivity index (χ0) is 13.8. The van der Waals surface area contributed by atoms with Gasteiger partial charge in [0.05, 0.1) is 5.75 Å². The number of halogens is 1. The number of amides is 1. The molecule has 0 aliphatic heterocycles. The van der Waals surface area contributed by atoms with Gasteiger partial charge in [-0.2, -0.15) is 0 Å². The van der Waals surface area contributed by atoms with Crippen LogP contribution in [-0.4, -0.2) is 28.8 Å². The number of carboxylic acid groups (broad SMARTS) is 1. The maximum atomic E-state index is 11.7. The number of carboxylic acids is 1. The summed E-state index contributed by atoms with van der Waals surface area (Å²) in [5, 5.41) is 11.6. The monoisotopic (exact) mass is 343 g/mol. The van der Waals surface area contributed by atoms with Gasteiger partial charge in [-0.3, -0.25) is 4.79 Å². The van der Waals surface area contributed by atoms with Gasteiger partial charge in [0.2, 0.25) is 5.91 Å². The van der Waals surface area contributed by atoms with Crippen molar-refractivity contribution in [1.82, 2.24) is 5.32 Å². The van der Waals surface area contributed by atoms with E-state index in [1.165, 1.54) is 11.8 Å². The molecule has 0 radical (unpaired) electrons. The molecule has 0 bridgehead atoms. The van der Waals surface area contributed by atoms with Crippen molar-refractivity contribution in [2.45, 2.75) is 23.8 Å². The molecule has 1 unspecified atom stereocenters. The van der Waals surface area contributed by atoms with Gasteiger partial charge in [-0.1, -0.05) is 22.0 Å². The predicted molar refractivity (Wildman–Crippen MR) is 77.2 cm³/mol. The molecular formula is C13H14BrNO3S. The van der Waals surface area contributed by atoms with Crippen LogP contribution in [0.1, 0.15) is 12.8 Å². The minimum absolute atomic E-state index is 0.109. The van der Waals surface area contributed by atoms with E-state index in [0.717, 1.165) is 22.2 Å². The Balaban J connectivity index is 1.82. The fourth-order valence-electron chi connectivity index (χ4n) is 1.73. The van der Waals surface area contributed by atoms with Gasteiger partial charge in [-0.05, 0) is 37.0 Å². The minimum atomic E-state index is -0.941. The van der Waals surface area contributed by atoms with Crippen molar-refractivity contribution < 1.29 is 14.7 Å². The third kappa shape index (κ3) is 4.54. The molecule has 1 saturated carbocycles. The van der Waals surface area contributed by atoms with Crippen molar-refractivity contribution in [3.05, 3.63) is 28.7 Å². The normalized spacial score (nSPS) is 15.8. The topological polar surface area (TPSA) is 66.4 Å². The Labute approximate surface area is 124 Å². The number of hydrogen-bond acceptors (Lipinski definition) is 3. The van der Waals surface area contributed by atoms with E-state index in [0.29, 0.717) is 0 Å². The molecule has 0 saturated heterocycles. The Hall–Kier alpha value is -1.01. The Morgan fingerprint density at radius 3 is 2.79 bits per heavy atom. The largest absolute Gasteiger partial charge is 0.480 e. The van der Waals surface area contributed by atoms with Crippen LogP contribution in [0.4, 0.5) is 0 Å². The molecule has 1 fully saturated rings. The van der Waals surface area contributed by atoms with Crippen molar-refractivity contribution in [3.8, 4) is 0 Å². The SMILES string of the molecule is O=C(CSc1cccc(Br)c1)NC(C(=O)O)C1CC1. The number of hydrogen-bond donors (Lipinski definition) is 2. The molecule has 1 atom stereocenters. The quantitative estimate of drug-likeness (QED) is 0.779. The third-order valence-electron chi connectivity index (χ3n) is 2.84. The summed E-state index contributed by atoms with van der Waals surface area (Å²) in [5.41, 5.74) is 0. The summed E-state index contributed by atoms with van der Waals surface area (Å²) < 4.78 is 0.958. The van der Waals surface area contributed by atoms with Crippen LogP contribution in [0.25, 0.3) is 0 Å². The van der Waals surface area contributed by atoms with E-state index in [-0.39, 0.29) is 17.6 Å².